The average molecular weight is 342 g/mol. The first-order valence-electron chi connectivity index (χ1n) is 1.17. The molecule has 0 aromatic rings. The van der Waals surface area contributed by atoms with Gasteiger partial charge in [0.05, 0.1) is 0 Å². The van der Waals surface area contributed by atoms with Gasteiger partial charge in [0.2, 0.25) is 0 Å². The van der Waals surface area contributed by atoms with Crippen molar-refractivity contribution < 1.29 is 41.0 Å². The summed E-state index contributed by atoms with van der Waals surface area (Å²) in [7, 11) is -7.81. The molecule has 0 aliphatic heterocycles. The van der Waals surface area contributed by atoms with Crippen LogP contribution in [0.5, 0.6) is 0 Å². The molecular formula is HAuO5S2. The van der Waals surface area contributed by atoms with Gasteiger partial charge >= 0.3 is 59.9 Å². The number of hydrogen-bond donors (Lipinski definition) is 1. The minimum atomic E-state index is -4.31. The molecule has 5 nitrogen and oxygen atoms in total. The van der Waals surface area contributed by atoms with Crippen molar-refractivity contribution in [1.82, 2.24) is 0 Å². The second kappa shape index (κ2) is 2.95. The molecule has 0 unspecified atom stereocenters. The molecule has 54 valence electrons. The van der Waals surface area contributed by atoms with E-state index >= 15 is 0 Å². The summed E-state index contributed by atoms with van der Waals surface area (Å²) in [6, 6.07) is 0. The quantitative estimate of drug-likeness (QED) is 0.369. The zero-order chi connectivity index (χ0) is 6.78. The predicted octanol–water partition coefficient (Wildman–Crippen LogP) is -1.68. The molecule has 0 fully saturated rings. The number of hydrogen-bond acceptors (Lipinski definition) is 5. The molecule has 0 heterocycles. The molecule has 0 N–H and O–H groups in total. The van der Waals surface area contributed by atoms with Crippen LogP contribution in [-0.4, -0.2) is 16.8 Å². The molecule has 0 aromatic heterocycles. The van der Waals surface area contributed by atoms with Crippen LogP contribution >= 0.6 is 0 Å². The molecule has 0 saturated heterocycles. The van der Waals surface area contributed by atoms with Crippen LogP contribution in [0.25, 0.3) is 0 Å². The Morgan fingerprint density at radius 2 is 1.75 bits per heavy atom. The summed E-state index contributed by atoms with van der Waals surface area (Å²) < 4.78 is 42.4. The molecule has 0 saturated carbocycles. The molecule has 0 rings (SSSR count). The first-order chi connectivity index (χ1) is 3.50. The first-order valence-corrected chi connectivity index (χ1v) is 5.25. The van der Waals surface area contributed by atoms with E-state index in [1.165, 1.54) is 0 Å². The molecule has 0 radical (unpaired) electrons. The molecule has 0 amide bonds. The molecule has 0 atom stereocenters. The van der Waals surface area contributed by atoms with Crippen LogP contribution < -0.4 is 0 Å². The van der Waals surface area contributed by atoms with E-state index in [0.717, 1.165) is 21.5 Å². The van der Waals surface area contributed by atoms with Crippen molar-refractivity contribution in [3.8, 4) is 0 Å². The Hall–Kier alpha value is 0.600. The van der Waals surface area contributed by atoms with Crippen molar-refractivity contribution in [2.75, 3.05) is 0 Å². The van der Waals surface area contributed by atoms with Gasteiger partial charge in [-0.25, -0.2) is 0 Å². The molecule has 8 heteroatoms. The number of rotatable bonds is 2. The van der Waals surface area contributed by atoms with Crippen molar-refractivity contribution in [3.05, 3.63) is 0 Å². The standard InChI is InChI=1S/Au.H2O5S2/c;1-6(2)7(3,4)5/h;6H,(H,3,4,5)/q+1;/p-1. The average Bonchev–Trinajstić information content (AvgIpc) is 1.67. The van der Waals surface area contributed by atoms with Gasteiger partial charge in [-0.2, -0.15) is 0 Å². The summed E-state index contributed by atoms with van der Waals surface area (Å²) in [6.07, 6.45) is 0. The zero-order valence-corrected chi connectivity index (χ0v) is 7.08. The summed E-state index contributed by atoms with van der Waals surface area (Å²) in [6.45, 7) is 0. The van der Waals surface area contributed by atoms with Crippen LogP contribution in [-0.2, 0) is 43.0 Å². The Morgan fingerprint density at radius 1 is 1.38 bits per heavy atom. The van der Waals surface area contributed by atoms with Crippen molar-refractivity contribution in [1.29, 1.82) is 0 Å². The van der Waals surface area contributed by atoms with E-state index in [1.54, 1.807) is 0 Å². The van der Waals surface area contributed by atoms with Gasteiger partial charge in [0.1, 0.15) is 0 Å². The van der Waals surface area contributed by atoms with Crippen molar-refractivity contribution in [3.63, 3.8) is 0 Å². The van der Waals surface area contributed by atoms with Crippen LogP contribution in [0.2, 0.25) is 0 Å². The summed E-state index contributed by atoms with van der Waals surface area (Å²) in [4.78, 5) is 0. The van der Waals surface area contributed by atoms with Gasteiger partial charge in [-0.3, -0.25) is 0 Å². The second-order valence-corrected chi connectivity index (χ2v) is 5.42. The topological polar surface area (TPSA) is 77.5 Å². The molecule has 0 aromatic carbocycles. The van der Waals surface area contributed by atoms with Crippen LogP contribution in [0.1, 0.15) is 0 Å². The summed E-state index contributed by atoms with van der Waals surface area (Å²) in [5, 5.41) is 0. The van der Waals surface area contributed by atoms with Gasteiger partial charge in [0.15, 0.2) is 0 Å². The third-order valence-corrected chi connectivity index (χ3v) is 4.31. The molecule has 0 aliphatic rings. The Morgan fingerprint density at radius 3 is 1.75 bits per heavy atom. The molecule has 0 spiro atoms. The van der Waals surface area contributed by atoms with Crippen LogP contribution in [0.4, 0.5) is 0 Å². The fourth-order valence-electron chi connectivity index (χ4n) is 0.0183. The van der Waals surface area contributed by atoms with E-state index in [1.807, 2.05) is 0 Å². The monoisotopic (exact) mass is 342 g/mol. The normalized spacial score (nSPS) is 12.4. The van der Waals surface area contributed by atoms with E-state index in [-0.39, 0.29) is 0 Å². The second-order valence-electron chi connectivity index (χ2n) is 0.702. The third kappa shape index (κ3) is 2.25. The third-order valence-electron chi connectivity index (χ3n) is 0.246. The van der Waals surface area contributed by atoms with E-state index in [9.17, 15) is 16.8 Å². The summed E-state index contributed by atoms with van der Waals surface area (Å²) in [5.41, 5.74) is 0. The first kappa shape index (κ1) is 8.60. The maximum absolute atomic E-state index is 9.87. The van der Waals surface area contributed by atoms with Crippen molar-refractivity contribution in [2.45, 2.75) is 0 Å². The molecule has 0 bridgehead atoms. The minimum absolute atomic E-state index is 1.14. The fourth-order valence-corrected chi connectivity index (χ4v) is 1.35. The Labute approximate surface area is 59.9 Å². The van der Waals surface area contributed by atoms with Crippen LogP contribution in [0.3, 0.4) is 0 Å². The number of thiol groups is 1. The van der Waals surface area contributed by atoms with Crippen molar-refractivity contribution in [2.24, 2.45) is 0 Å². The predicted molar refractivity (Wildman–Crippen MR) is 20.3 cm³/mol. The maximum atomic E-state index is 9.87. The Balaban J connectivity index is 4.69. The fraction of sp³-hybridized carbons (Fsp3) is 0. The van der Waals surface area contributed by atoms with Gasteiger partial charge in [-0.05, 0) is 0 Å². The Kier molecular flexibility index (Phi) is 3.17. The Bertz CT molecular complexity index is 211. The van der Waals surface area contributed by atoms with Crippen LogP contribution in [0.15, 0.2) is 0 Å². The molecule has 8 heavy (non-hydrogen) atoms. The van der Waals surface area contributed by atoms with Gasteiger partial charge < -0.3 is 0 Å². The van der Waals surface area contributed by atoms with Gasteiger partial charge in [-0.1, -0.05) is 0 Å². The van der Waals surface area contributed by atoms with Gasteiger partial charge in [-0.15, -0.1) is 0 Å². The van der Waals surface area contributed by atoms with E-state index in [0.29, 0.717) is 0 Å². The SMILES string of the molecule is O=[SH](=O)S(=O)(=O)[O][Au]. The zero-order valence-electron chi connectivity index (χ0n) is 3.20. The summed E-state index contributed by atoms with van der Waals surface area (Å²) in [5.74, 6) is 0. The van der Waals surface area contributed by atoms with E-state index in [2.05, 4.69) is 2.69 Å². The molecule has 0 aliphatic carbocycles. The van der Waals surface area contributed by atoms with E-state index in [4.69, 9.17) is 0 Å². The summed E-state index contributed by atoms with van der Waals surface area (Å²) >= 11 is 1.14. The van der Waals surface area contributed by atoms with Crippen LogP contribution in [0, 0.1) is 0 Å². The van der Waals surface area contributed by atoms with Gasteiger partial charge in [0, 0.05) is 0 Å². The van der Waals surface area contributed by atoms with Gasteiger partial charge in [0.25, 0.3) is 0 Å². The van der Waals surface area contributed by atoms with E-state index < -0.39 is 18.9 Å². The molecular weight excluding hydrogens is 341 g/mol. The van der Waals surface area contributed by atoms with Crippen molar-refractivity contribution >= 4 is 18.9 Å².